The van der Waals surface area contributed by atoms with Crippen molar-refractivity contribution in [2.24, 2.45) is 0 Å². The molecule has 0 spiro atoms. The van der Waals surface area contributed by atoms with E-state index in [0.29, 0.717) is 17.8 Å². The van der Waals surface area contributed by atoms with Crippen LogP contribution >= 0.6 is 11.6 Å². The molecule has 32 heavy (non-hydrogen) atoms. The van der Waals surface area contributed by atoms with E-state index in [9.17, 15) is 29.3 Å². The number of benzene rings is 2. The monoisotopic (exact) mass is 462 g/mol. The van der Waals surface area contributed by atoms with Crippen LogP contribution in [-0.4, -0.2) is 48.3 Å². The number of amides is 3. The quantitative estimate of drug-likeness (QED) is 0.292. The highest BCUT2D eigenvalue weighted by molar-refractivity contribution is 6.32. The van der Waals surface area contributed by atoms with Gasteiger partial charge in [-0.1, -0.05) is 17.7 Å². The summed E-state index contributed by atoms with van der Waals surface area (Å²) < 4.78 is 4.79. The van der Waals surface area contributed by atoms with Crippen molar-refractivity contribution >= 4 is 46.7 Å². The third-order valence-corrected chi connectivity index (χ3v) is 4.23. The van der Waals surface area contributed by atoms with Gasteiger partial charge in [0.2, 0.25) is 0 Å². The number of anilines is 1. The Labute approximate surface area is 187 Å². The normalized spacial score (nSPS) is 10.1. The minimum Gasteiger partial charge on any atom is -0.454 e. The first-order valence-electron chi connectivity index (χ1n) is 9.27. The molecule has 0 unspecified atom stereocenters. The summed E-state index contributed by atoms with van der Waals surface area (Å²) in [6.45, 7) is 1.05. The lowest BCUT2D eigenvalue weighted by Crippen LogP contribution is -2.32. The molecule has 2 aromatic rings. The van der Waals surface area contributed by atoms with Crippen LogP contribution in [0, 0.1) is 10.1 Å². The molecule has 0 aliphatic carbocycles. The van der Waals surface area contributed by atoms with Crippen LogP contribution in [0.5, 0.6) is 0 Å². The van der Waals surface area contributed by atoms with Gasteiger partial charge in [0.1, 0.15) is 11.6 Å². The zero-order chi connectivity index (χ0) is 23.7. The first-order chi connectivity index (χ1) is 15.2. The van der Waals surface area contributed by atoms with Gasteiger partial charge in [0.05, 0.1) is 4.92 Å². The largest absolute Gasteiger partial charge is 0.454 e. The van der Waals surface area contributed by atoms with Crippen molar-refractivity contribution in [1.82, 2.24) is 10.6 Å². The topological polar surface area (TPSA) is 157 Å². The zero-order valence-electron chi connectivity index (χ0n) is 16.8. The maximum Gasteiger partial charge on any atom is 0.325 e. The van der Waals surface area contributed by atoms with Gasteiger partial charge >= 0.3 is 5.97 Å². The van der Waals surface area contributed by atoms with E-state index in [1.54, 1.807) is 25.1 Å². The molecule has 0 radical (unpaired) electrons. The van der Waals surface area contributed by atoms with Crippen molar-refractivity contribution in [2.75, 3.05) is 25.0 Å². The molecule has 0 aliphatic rings. The van der Waals surface area contributed by atoms with Crippen LogP contribution in [0.2, 0.25) is 5.02 Å². The Bertz CT molecular complexity index is 1060. The predicted molar refractivity (Wildman–Crippen MR) is 114 cm³/mol. The van der Waals surface area contributed by atoms with Gasteiger partial charge in [-0.15, -0.1) is 0 Å². The van der Waals surface area contributed by atoms with Gasteiger partial charge in [0.15, 0.2) is 6.61 Å². The van der Waals surface area contributed by atoms with E-state index in [1.165, 1.54) is 18.2 Å². The smallest absolute Gasteiger partial charge is 0.325 e. The van der Waals surface area contributed by atoms with Gasteiger partial charge in [-0.3, -0.25) is 29.3 Å². The molecule has 0 atom stereocenters. The molecule has 2 rings (SSSR count). The minimum absolute atomic E-state index is 0.0707. The molecule has 3 amide bonds. The predicted octanol–water partition coefficient (Wildman–Crippen LogP) is 1.91. The second kappa shape index (κ2) is 11.4. The summed E-state index contributed by atoms with van der Waals surface area (Å²) in [4.78, 5) is 57.8. The van der Waals surface area contributed by atoms with Crippen molar-refractivity contribution in [3.63, 3.8) is 0 Å². The number of nitrogens with zero attached hydrogens (tertiary/aromatic N) is 1. The average molecular weight is 463 g/mol. The van der Waals surface area contributed by atoms with Crippen molar-refractivity contribution in [3.8, 4) is 0 Å². The number of carbonyl (C=O) groups is 4. The Hall–Kier alpha value is -3.99. The number of nitrogens with one attached hydrogen (secondary N) is 3. The molecule has 2 aromatic carbocycles. The number of hydrogen-bond donors (Lipinski definition) is 3. The van der Waals surface area contributed by atoms with Gasteiger partial charge in [-0.25, -0.2) is 0 Å². The van der Waals surface area contributed by atoms with Gasteiger partial charge in [0.25, 0.3) is 23.4 Å². The fourth-order valence-corrected chi connectivity index (χ4v) is 2.63. The van der Waals surface area contributed by atoms with Crippen molar-refractivity contribution in [1.29, 1.82) is 0 Å². The molecule has 0 saturated carbocycles. The second-order valence-corrected chi connectivity index (χ2v) is 6.66. The number of nitro groups is 1. The minimum atomic E-state index is -0.895. The third kappa shape index (κ3) is 7.06. The summed E-state index contributed by atoms with van der Waals surface area (Å²) in [5.41, 5.74) is 0.174. The molecule has 0 aliphatic heterocycles. The summed E-state index contributed by atoms with van der Waals surface area (Å²) in [6, 6.07) is 9.63. The van der Waals surface area contributed by atoms with Crippen LogP contribution in [-0.2, 0) is 14.3 Å². The molecule has 0 heterocycles. The standard InChI is InChI=1S/C20H19ClN4O7/c1-2-22-19(28)12-4-3-5-14(8-12)24-17(26)11-32-18(27)10-23-20(29)13-6-7-15(21)16(9-13)25(30)31/h3-9H,2,10-11H2,1H3,(H,22,28)(H,23,29)(H,24,26). The van der Waals surface area contributed by atoms with Crippen molar-refractivity contribution in [3.05, 3.63) is 68.7 Å². The lowest BCUT2D eigenvalue weighted by atomic mass is 10.2. The Morgan fingerprint density at radius 3 is 2.41 bits per heavy atom. The molecule has 11 nitrogen and oxygen atoms in total. The highest BCUT2D eigenvalue weighted by Gasteiger charge is 2.17. The van der Waals surface area contributed by atoms with Crippen molar-refractivity contribution < 1.29 is 28.8 Å². The Morgan fingerprint density at radius 2 is 1.72 bits per heavy atom. The van der Waals surface area contributed by atoms with E-state index in [2.05, 4.69) is 16.0 Å². The summed E-state index contributed by atoms with van der Waals surface area (Å²) >= 11 is 5.69. The Morgan fingerprint density at radius 1 is 1.03 bits per heavy atom. The van der Waals surface area contributed by atoms with Crippen LogP contribution in [0.4, 0.5) is 11.4 Å². The molecule has 12 heteroatoms. The average Bonchev–Trinajstić information content (AvgIpc) is 2.76. The van der Waals surface area contributed by atoms with Gasteiger partial charge in [-0.2, -0.15) is 0 Å². The number of rotatable bonds is 9. The summed E-state index contributed by atoms with van der Waals surface area (Å²) in [5, 5.41) is 18.1. The number of halogens is 1. The number of esters is 1. The van der Waals surface area contributed by atoms with Crippen LogP contribution in [0.3, 0.4) is 0 Å². The van der Waals surface area contributed by atoms with Crippen LogP contribution < -0.4 is 16.0 Å². The van der Waals surface area contributed by atoms with Crippen LogP contribution in [0.1, 0.15) is 27.6 Å². The molecular weight excluding hydrogens is 444 g/mol. The first-order valence-corrected chi connectivity index (χ1v) is 9.65. The summed E-state index contributed by atoms with van der Waals surface area (Å²) in [6.07, 6.45) is 0. The molecule has 0 saturated heterocycles. The highest BCUT2D eigenvalue weighted by atomic mass is 35.5. The molecule has 0 fully saturated rings. The van der Waals surface area contributed by atoms with Crippen LogP contribution in [0.25, 0.3) is 0 Å². The van der Waals surface area contributed by atoms with E-state index in [-0.39, 0.29) is 16.5 Å². The number of nitro benzene ring substituents is 1. The molecule has 0 aromatic heterocycles. The maximum absolute atomic E-state index is 12.1. The number of hydrogen-bond acceptors (Lipinski definition) is 7. The van der Waals surface area contributed by atoms with E-state index < -0.39 is 41.5 Å². The SMILES string of the molecule is CCNC(=O)c1cccc(NC(=O)COC(=O)CNC(=O)c2ccc(Cl)c([N+](=O)[O-])c2)c1. The molecule has 168 valence electrons. The lowest BCUT2D eigenvalue weighted by molar-refractivity contribution is -0.384. The van der Waals surface area contributed by atoms with Gasteiger partial charge < -0.3 is 20.7 Å². The second-order valence-electron chi connectivity index (χ2n) is 6.26. The Balaban J connectivity index is 1.82. The maximum atomic E-state index is 12.1. The van der Waals surface area contributed by atoms with E-state index in [4.69, 9.17) is 16.3 Å². The molecular formula is C20H19ClN4O7. The zero-order valence-corrected chi connectivity index (χ0v) is 17.6. The fraction of sp³-hybridized carbons (Fsp3) is 0.200. The van der Waals surface area contributed by atoms with Crippen molar-refractivity contribution in [2.45, 2.75) is 6.92 Å². The summed E-state index contributed by atoms with van der Waals surface area (Å²) in [5.74, 6) is -2.59. The van der Waals surface area contributed by atoms with Gasteiger partial charge in [0, 0.05) is 29.4 Å². The van der Waals surface area contributed by atoms with E-state index in [0.717, 1.165) is 6.07 Å². The Kier molecular flexibility index (Phi) is 8.66. The first kappa shape index (κ1) is 24.3. The lowest BCUT2D eigenvalue weighted by Gasteiger charge is -2.09. The fourth-order valence-electron chi connectivity index (χ4n) is 2.44. The van der Waals surface area contributed by atoms with Gasteiger partial charge in [-0.05, 0) is 37.3 Å². The van der Waals surface area contributed by atoms with Crippen LogP contribution in [0.15, 0.2) is 42.5 Å². The molecule has 0 bridgehead atoms. The highest BCUT2D eigenvalue weighted by Crippen LogP contribution is 2.24. The van der Waals surface area contributed by atoms with E-state index >= 15 is 0 Å². The van der Waals surface area contributed by atoms with E-state index in [1.807, 2.05) is 0 Å². The molecule has 3 N–H and O–H groups in total. The summed E-state index contributed by atoms with van der Waals surface area (Å²) in [7, 11) is 0. The number of ether oxygens (including phenoxy) is 1. The number of carbonyl (C=O) groups excluding carboxylic acids is 4. The third-order valence-electron chi connectivity index (χ3n) is 3.91.